The minimum absolute atomic E-state index is 0.0413. The summed E-state index contributed by atoms with van der Waals surface area (Å²) in [7, 11) is -3.95. The number of aromatic nitrogens is 3. The van der Waals surface area contributed by atoms with Crippen LogP contribution in [0.3, 0.4) is 0 Å². The van der Waals surface area contributed by atoms with Crippen LogP contribution < -0.4 is 16.0 Å². The van der Waals surface area contributed by atoms with Crippen LogP contribution in [0.5, 0.6) is 0 Å². The van der Waals surface area contributed by atoms with E-state index in [9.17, 15) is 22.4 Å². The molecule has 3 N–H and O–H groups in total. The molecule has 0 aromatic carbocycles. The molecule has 2 aromatic rings. The van der Waals surface area contributed by atoms with Gasteiger partial charge in [-0.1, -0.05) is 0 Å². The van der Waals surface area contributed by atoms with Crippen LogP contribution in [0.15, 0.2) is 17.0 Å². The zero-order valence-electron chi connectivity index (χ0n) is 19.6. The molecule has 12 heteroatoms. The van der Waals surface area contributed by atoms with Gasteiger partial charge in [0.25, 0.3) is 5.91 Å². The van der Waals surface area contributed by atoms with Gasteiger partial charge in [-0.25, -0.2) is 17.8 Å². The number of hydrogen-bond acceptors (Lipinski definition) is 8. The van der Waals surface area contributed by atoms with E-state index in [1.807, 2.05) is 0 Å². The molecular formula is C19H21FN6O4S. The number of anilines is 3. The fourth-order valence-electron chi connectivity index (χ4n) is 3.48. The third-order valence-electron chi connectivity index (χ3n) is 5.54. The lowest BCUT2D eigenvalue weighted by atomic mass is 10.2. The summed E-state index contributed by atoms with van der Waals surface area (Å²) in [6.07, 6.45) is 3.61. The average Bonchev–Trinajstić information content (AvgIpc) is 3.61. The van der Waals surface area contributed by atoms with Crippen molar-refractivity contribution in [2.24, 2.45) is 11.3 Å². The second kappa shape index (κ2) is 7.22. The standard InChI is InChI=1S/C19H21FN6O4S/c1-9-11(20)6-13(31(3,29)30)16(22-9)23-12-7-14(25-26-15(12)18(28)21-2)24-17(27)10-8-19(10)4-5-19/h6-7,10H,4-5,8H2,1-3H3,(H,21,28)(H2,22,23,24,25,27)/t10-/m1/s1/i2D3. The predicted octanol–water partition coefficient (Wildman–Crippen LogP) is 1.56. The van der Waals surface area contributed by atoms with Gasteiger partial charge in [-0.05, 0) is 37.7 Å². The van der Waals surface area contributed by atoms with Crippen molar-refractivity contribution in [1.29, 1.82) is 0 Å². The fourth-order valence-corrected chi connectivity index (χ4v) is 4.25. The van der Waals surface area contributed by atoms with Crippen molar-refractivity contribution in [3.8, 4) is 0 Å². The van der Waals surface area contributed by atoms with E-state index in [0.29, 0.717) is 0 Å². The van der Waals surface area contributed by atoms with Crippen LogP contribution in [0.25, 0.3) is 0 Å². The molecule has 2 saturated carbocycles. The lowest BCUT2D eigenvalue weighted by Crippen LogP contribution is -2.23. The highest BCUT2D eigenvalue weighted by Crippen LogP contribution is 2.70. The van der Waals surface area contributed by atoms with E-state index in [-0.39, 0.29) is 40.3 Å². The SMILES string of the molecule is [2H]C([2H])([2H])NC(=O)c1nnc(NC(=O)[C@H]2CC23CC3)cc1Nc1nc(C)c(F)cc1S(C)(=O)=O. The maximum Gasteiger partial charge on any atom is 0.273 e. The molecule has 0 unspecified atom stereocenters. The van der Waals surface area contributed by atoms with Gasteiger partial charge in [0.2, 0.25) is 5.91 Å². The number of carbonyl (C=O) groups is 2. The maximum atomic E-state index is 14.0. The molecule has 2 heterocycles. The van der Waals surface area contributed by atoms with Crippen molar-refractivity contribution < 1.29 is 26.5 Å². The zero-order chi connectivity index (χ0) is 25.1. The second-order valence-electron chi connectivity index (χ2n) is 7.85. The largest absolute Gasteiger partial charge is 0.354 e. The van der Waals surface area contributed by atoms with Gasteiger partial charge in [-0.15, -0.1) is 10.2 Å². The number of amides is 2. The summed E-state index contributed by atoms with van der Waals surface area (Å²) in [6.45, 7) is -1.52. The molecule has 2 aliphatic rings. The quantitative estimate of drug-likeness (QED) is 0.600. The monoisotopic (exact) mass is 451 g/mol. The van der Waals surface area contributed by atoms with E-state index in [4.69, 9.17) is 4.11 Å². The van der Waals surface area contributed by atoms with Crippen LogP contribution in [-0.4, -0.2) is 48.6 Å². The summed E-state index contributed by atoms with van der Waals surface area (Å²) >= 11 is 0. The van der Waals surface area contributed by atoms with E-state index >= 15 is 0 Å². The first-order valence-corrected chi connectivity index (χ1v) is 11.2. The molecule has 2 aromatic heterocycles. The highest BCUT2D eigenvalue weighted by molar-refractivity contribution is 7.90. The number of nitrogens with one attached hydrogen (secondary N) is 3. The lowest BCUT2D eigenvalue weighted by Gasteiger charge is -2.14. The second-order valence-corrected chi connectivity index (χ2v) is 9.84. The molecule has 0 saturated heterocycles. The van der Waals surface area contributed by atoms with Crippen LogP contribution in [0.2, 0.25) is 0 Å². The topological polar surface area (TPSA) is 143 Å². The number of sulfone groups is 1. The Morgan fingerprint density at radius 3 is 2.65 bits per heavy atom. The van der Waals surface area contributed by atoms with Crippen LogP contribution in [0.1, 0.15) is 39.6 Å². The Kier molecular flexibility index (Phi) is 4.08. The van der Waals surface area contributed by atoms with E-state index in [1.54, 1.807) is 5.32 Å². The van der Waals surface area contributed by atoms with Gasteiger partial charge in [0, 0.05) is 29.3 Å². The highest BCUT2D eigenvalue weighted by Gasteiger charge is 2.65. The molecule has 0 bridgehead atoms. The first-order chi connectivity index (χ1) is 15.7. The minimum Gasteiger partial charge on any atom is -0.354 e. The van der Waals surface area contributed by atoms with Gasteiger partial charge in [-0.2, -0.15) is 0 Å². The van der Waals surface area contributed by atoms with Crippen molar-refractivity contribution in [3.05, 3.63) is 29.3 Å². The van der Waals surface area contributed by atoms with Crippen LogP contribution in [0.4, 0.5) is 21.7 Å². The number of aryl methyl sites for hydroxylation is 1. The Morgan fingerprint density at radius 1 is 1.29 bits per heavy atom. The molecular weight excluding hydrogens is 427 g/mol. The van der Waals surface area contributed by atoms with Crippen molar-refractivity contribution in [1.82, 2.24) is 20.5 Å². The number of pyridine rings is 1. The van der Waals surface area contributed by atoms with E-state index in [2.05, 4.69) is 25.8 Å². The normalized spacial score (nSPS) is 20.2. The first kappa shape index (κ1) is 17.5. The Labute approximate surface area is 182 Å². The van der Waals surface area contributed by atoms with Gasteiger partial charge in [0.15, 0.2) is 21.3 Å². The Morgan fingerprint density at radius 2 is 2.03 bits per heavy atom. The van der Waals surface area contributed by atoms with E-state index in [0.717, 1.165) is 31.6 Å². The molecule has 0 radical (unpaired) electrons. The van der Waals surface area contributed by atoms with Crippen molar-refractivity contribution in [2.45, 2.75) is 31.1 Å². The van der Waals surface area contributed by atoms with Gasteiger partial charge >= 0.3 is 0 Å². The molecule has 1 atom stereocenters. The third kappa shape index (κ3) is 4.07. The van der Waals surface area contributed by atoms with Crippen molar-refractivity contribution >= 4 is 39.0 Å². The number of rotatable bonds is 6. The number of halogens is 1. The molecule has 10 nitrogen and oxygen atoms in total. The first-order valence-electron chi connectivity index (χ1n) is 10.8. The average molecular weight is 451 g/mol. The summed E-state index contributed by atoms with van der Waals surface area (Å²) in [6, 6.07) is 1.98. The minimum atomic E-state index is -3.95. The fraction of sp³-hybridized carbons (Fsp3) is 0.421. The van der Waals surface area contributed by atoms with Gasteiger partial charge in [0.05, 0.1) is 11.4 Å². The smallest absolute Gasteiger partial charge is 0.273 e. The summed E-state index contributed by atoms with van der Waals surface area (Å²) < 4.78 is 60.1. The van der Waals surface area contributed by atoms with Gasteiger partial charge < -0.3 is 16.0 Å². The van der Waals surface area contributed by atoms with Crippen molar-refractivity contribution in [2.75, 3.05) is 23.9 Å². The summed E-state index contributed by atoms with van der Waals surface area (Å²) in [4.78, 5) is 28.4. The molecule has 31 heavy (non-hydrogen) atoms. The predicted molar refractivity (Wildman–Crippen MR) is 109 cm³/mol. The molecule has 164 valence electrons. The Bertz CT molecular complexity index is 1310. The summed E-state index contributed by atoms with van der Waals surface area (Å²) in [5.41, 5.74) is -0.727. The van der Waals surface area contributed by atoms with Crippen LogP contribution in [-0.2, 0) is 14.6 Å². The van der Waals surface area contributed by atoms with E-state index < -0.39 is 39.1 Å². The Balaban J connectivity index is 1.71. The van der Waals surface area contributed by atoms with Crippen LogP contribution >= 0.6 is 0 Å². The number of hydrogen-bond donors (Lipinski definition) is 3. The van der Waals surface area contributed by atoms with Gasteiger partial charge in [0.1, 0.15) is 16.5 Å². The number of carbonyl (C=O) groups excluding carboxylic acids is 2. The molecule has 4 rings (SSSR count). The zero-order valence-corrected chi connectivity index (χ0v) is 17.4. The summed E-state index contributed by atoms with van der Waals surface area (Å²) in [5.74, 6) is -2.74. The molecule has 2 amide bonds. The van der Waals surface area contributed by atoms with Gasteiger partial charge in [-0.3, -0.25) is 9.59 Å². The van der Waals surface area contributed by atoms with E-state index in [1.165, 1.54) is 13.0 Å². The molecule has 0 aliphatic heterocycles. The highest BCUT2D eigenvalue weighted by atomic mass is 32.2. The molecule has 1 spiro atoms. The molecule has 2 aliphatic carbocycles. The van der Waals surface area contributed by atoms with Crippen molar-refractivity contribution in [3.63, 3.8) is 0 Å². The Hall–Kier alpha value is -3.15. The third-order valence-corrected chi connectivity index (χ3v) is 6.65. The maximum absolute atomic E-state index is 14.0. The molecule has 2 fully saturated rings. The lowest BCUT2D eigenvalue weighted by molar-refractivity contribution is -0.117. The summed E-state index contributed by atoms with van der Waals surface area (Å²) in [5, 5.41) is 14.5. The number of nitrogens with zero attached hydrogens (tertiary/aromatic N) is 3. The van der Waals surface area contributed by atoms with Crippen LogP contribution in [0, 0.1) is 24.1 Å².